The second kappa shape index (κ2) is 9.91. The van der Waals surface area contributed by atoms with Gasteiger partial charge in [0.25, 0.3) is 5.91 Å². The molecule has 29 heavy (non-hydrogen) atoms. The minimum atomic E-state index is -3.52. The summed E-state index contributed by atoms with van der Waals surface area (Å²) >= 11 is 0. The van der Waals surface area contributed by atoms with E-state index in [0.29, 0.717) is 38.0 Å². The van der Waals surface area contributed by atoms with E-state index in [1.165, 1.54) is 30.0 Å². The van der Waals surface area contributed by atoms with Gasteiger partial charge in [0.05, 0.1) is 38.2 Å². The summed E-state index contributed by atoms with van der Waals surface area (Å²) in [5, 5.41) is 3.23. The van der Waals surface area contributed by atoms with Crippen LogP contribution in [0.15, 0.2) is 29.2 Å². The Labute approximate surface area is 174 Å². The number of benzene rings is 1. The number of quaternary nitrogens is 1. The fourth-order valence-corrected chi connectivity index (χ4v) is 5.72. The number of piperazine rings is 1. The van der Waals surface area contributed by atoms with Crippen LogP contribution in [-0.2, 0) is 14.8 Å². The van der Waals surface area contributed by atoms with Crippen molar-refractivity contribution in [2.24, 2.45) is 0 Å². The summed E-state index contributed by atoms with van der Waals surface area (Å²) in [6.45, 7) is 4.06. The predicted octanol–water partition coefficient (Wildman–Crippen LogP) is 0.812. The molecule has 1 amide bonds. The lowest BCUT2D eigenvalue weighted by molar-refractivity contribution is -0.917. The number of amides is 1. The van der Waals surface area contributed by atoms with Crippen LogP contribution in [-0.4, -0.2) is 64.0 Å². The normalized spacial score (nSPS) is 21.3. The monoisotopic (exact) mass is 424 g/mol. The number of nitrogens with zero attached hydrogens (tertiary/aromatic N) is 1. The van der Waals surface area contributed by atoms with Crippen molar-refractivity contribution < 1.29 is 22.8 Å². The number of nitrogens with one attached hydrogen (secondary N) is 2. The molecule has 1 aliphatic heterocycles. The third-order valence-corrected chi connectivity index (χ3v) is 8.18. The molecule has 1 aromatic rings. The summed E-state index contributed by atoms with van der Waals surface area (Å²) in [5.41, 5.74) is 0. The fraction of sp³-hybridized carbons (Fsp3) is 0.667. The van der Waals surface area contributed by atoms with Crippen molar-refractivity contribution in [3.8, 4) is 5.75 Å². The first-order valence-corrected chi connectivity index (χ1v) is 12.1. The van der Waals surface area contributed by atoms with Gasteiger partial charge in [-0.15, -0.1) is 0 Å². The Hall–Kier alpha value is -1.64. The van der Waals surface area contributed by atoms with E-state index < -0.39 is 10.0 Å². The van der Waals surface area contributed by atoms with Crippen LogP contribution >= 0.6 is 0 Å². The number of hydrogen-bond donors (Lipinski definition) is 2. The summed E-state index contributed by atoms with van der Waals surface area (Å²) in [4.78, 5) is 14.1. The molecule has 0 unspecified atom stereocenters. The van der Waals surface area contributed by atoms with Crippen LogP contribution in [0.4, 0.5) is 0 Å². The Morgan fingerprint density at radius 2 is 1.69 bits per heavy atom. The highest BCUT2D eigenvalue weighted by molar-refractivity contribution is 7.89. The summed E-state index contributed by atoms with van der Waals surface area (Å²) in [6.07, 6.45) is 7.04. The van der Waals surface area contributed by atoms with Crippen molar-refractivity contribution in [3.05, 3.63) is 24.3 Å². The zero-order valence-electron chi connectivity index (χ0n) is 17.5. The number of rotatable bonds is 6. The van der Waals surface area contributed by atoms with Crippen LogP contribution in [0.2, 0.25) is 0 Å². The van der Waals surface area contributed by atoms with Gasteiger partial charge in [0.1, 0.15) is 5.75 Å². The molecule has 1 heterocycles. The Kier molecular flexibility index (Phi) is 7.54. The molecule has 2 fully saturated rings. The quantitative estimate of drug-likeness (QED) is 0.663. The molecule has 8 heteroatoms. The number of carbonyl (C=O) groups excluding carboxylic acids is 1. The van der Waals surface area contributed by atoms with Crippen LogP contribution in [0, 0.1) is 0 Å². The average molecular weight is 425 g/mol. The molecule has 2 N–H and O–H groups in total. The van der Waals surface area contributed by atoms with Gasteiger partial charge in [0.15, 0.2) is 6.04 Å². The molecule has 1 aromatic carbocycles. The second-order valence-corrected chi connectivity index (χ2v) is 10.1. The summed E-state index contributed by atoms with van der Waals surface area (Å²) < 4.78 is 32.4. The van der Waals surface area contributed by atoms with E-state index >= 15 is 0 Å². The van der Waals surface area contributed by atoms with Gasteiger partial charge in [-0.1, -0.05) is 25.7 Å². The van der Waals surface area contributed by atoms with Gasteiger partial charge >= 0.3 is 0 Å². The Morgan fingerprint density at radius 3 is 2.24 bits per heavy atom. The van der Waals surface area contributed by atoms with Crippen LogP contribution in [0.3, 0.4) is 0 Å². The fourth-order valence-electron chi connectivity index (χ4n) is 4.28. The summed E-state index contributed by atoms with van der Waals surface area (Å²) in [7, 11) is -1.97. The zero-order valence-corrected chi connectivity index (χ0v) is 18.3. The zero-order chi connectivity index (χ0) is 20.9. The van der Waals surface area contributed by atoms with Crippen LogP contribution < -0.4 is 15.0 Å². The number of ether oxygens (including phenoxy) is 1. The number of methoxy groups -OCH3 is 1. The molecule has 0 bridgehead atoms. The third kappa shape index (κ3) is 5.49. The van der Waals surface area contributed by atoms with Gasteiger partial charge in [-0.05, 0) is 44.0 Å². The van der Waals surface area contributed by atoms with Crippen molar-refractivity contribution in [1.82, 2.24) is 9.62 Å². The Balaban J connectivity index is 1.54. The maximum atomic E-state index is 12.9. The first-order valence-electron chi connectivity index (χ1n) is 10.7. The van der Waals surface area contributed by atoms with E-state index in [1.54, 1.807) is 31.4 Å². The van der Waals surface area contributed by atoms with E-state index in [1.807, 2.05) is 6.92 Å². The van der Waals surface area contributed by atoms with Crippen LogP contribution in [0.1, 0.15) is 45.4 Å². The molecule has 2 aliphatic rings. The molecule has 3 rings (SSSR count). The van der Waals surface area contributed by atoms with Crippen molar-refractivity contribution in [3.63, 3.8) is 0 Å². The highest BCUT2D eigenvalue weighted by Crippen LogP contribution is 2.20. The number of hydrogen-bond acceptors (Lipinski definition) is 4. The average Bonchev–Trinajstić information content (AvgIpc) is 3.02. The van der Waals surface area contributed by atoms with E-state index in [2.05, 4.69) is 5.32 Å². The smallest absolute Gasteiger partial charge is 0.278 e. The first kappa shape index (κ1) is 22.1. The minimum Gasteiger partial charge on any atom is -0.497 e. The van der Waals surface area contributed by atoms with E-state index in [9.17, 15) is 13.2 Å². The molecular weight excluding hydrogens is 390 g/mol. The molecule has 0 radical (unpaired) electrons. The topological polar surface area (TPSA) is 80.2 Å². The first-order chi connectivity index (χ1) is 13.9. The highest BCUT2D eigenvalue weighted by Gasteiger charge is 2.35. The second-order valence-electron chi connectivity index (χ2n) is 8.16. The lowest BCUT2D eigenvalue weighted by Gasteiger charge is -2.34. The molecule has 162 valence electrons. The molecule has 1 aliphatic carbocycles. The standard InChI is InChI=1S/C21H33N3O4S/c1-17(21(25)22-18-7-5-3-4-6-8-18)23-13-15-24(16-14-23)29(26,27)20-11-9-19(28-2)10-12-20/h9-12,17-18H,3-8,13-16H2,1-2H3,(H,22,25)/p+1/t17-/m1/s1. The predicted molar refractivity (Wildman–Crippen MR) is 112 cm³/mol. The summed E-state index contributed by atoms with van der Waals surface area (Å²) in [5.74, 6) is 0.727. The molecule has 1 atom stereocenters. The van der Waals surface area contributed by atoms with Gasteiger partial charge < -0.3 is 15.0 Å². The molecule has 0 spiro atoms. The summed E-state index contributed by atoms with van der Waals surface area (Å²) in [6, 6.07) is 6.61. The lowest BCUT2D eigenvalue weighted by Crippen LogP contribution is -3.19. The molecule has 0 aromatic heterocycles. The van der Waals surface area contributed by atoms with Gasteiger partial charge in [-0.3, -0.25) is 4.79 Å². The Bertz CT molecular complexity index is 766. The third-order valence-electron chi connectivity index (χ3n) is 6.27. The van der Waals surface area contributed by atoms with Gasteiger partial charge in [-0.2, -0.15) is 4.31 Å². The molecule has 1 saturated carbocycles. The Morgan fingerprint density at radius 1 is 1.10 bits per heavy atom. The molecular formula is C21H34N3O4S+. The van der Waals surface area contributed by atoms with Crippen LogP contribution in [0.5, 0.6) is 5.75 Å². The van der Waals surface area contributed by atoms with Crippen molar-refractivity contribution in [2.45, 2.75) is 62.4 Å². The van der Waals surface area contributed by atoms with Crippen molar-refractivity contribution >= 4 is 15.9 Å². The van der Waals surface area contributed by atoms with Gasteiger partial charge in [0, 0.05) is 6.04 Å². The largest absolute Gasteiger partial charge is 0.497 e. The minimum absolute atomic E-state index is 0.0957. The van der Waals surface area contributed by atoms with Crippen molar-refractivity contribution in [2.75, 3.05) is 33.3 Å². The van der Waals surface area contributed by atoms with Crippen molar-refractivity contribution in [1.29, 1.82) is 0 Å². The highest BCUT2D eigenvalue weighted by atomic mass is 32.2. The maximum absolute atomic E-state index is 12.9. The number of carbonyl (C=O) groups is 1. The lowest BCUT2D eigenvalue weighted by atomic mass is 10.1. The SMILES string of the molecule is COc1ccc(S(=O)(=O)N2CC[NH+]([C@H](C)C(=O)NC3CCCCCC3)CC2)cc1. The van der Waals surface area contributed by atoms with Gasteiger partial charge in [-0.25, -0.2) is 8.42 Å². The van der Waals surface area contributed by atoms with E-state index in [-0.39, 0.29) is 16.8 Å². The number of sulfonamides is 1. The van der Waals surface area contributed by atoms with Gasteiger partial charge in [0.2, 0.25) is 10.0 Å². The van der Waals surface area contributed by atoms with E-state index in [4.69, 9.17) is 4.74 Å². The maximum Gasteiger partial charge on any atom is 0.278 e. The molecule has 7 nitrogen and oxygen atoms in total. The van der Waals surface area contributed by atoms with E-state index in [0.717, 1.165) is 17.7 Å². The molecule has 1 saturated heterocycles. The van der Waals surface area contributed by atoms with Crippen LogP contribution in [0.25, 0.3) is 0 Å².